The quantitative estimate of drug-likeness (QED) is 0.276. The molecule has 40 heavy (non-hydrogen) atoms. The van der Waals surface area contributed by atoms with Crippen LogP contribution in [0.15, 0.2) is 24.4 Å². The Labute approximate surface area is 224 Å². The van der Waals surface area contributed by atoms with E-state index in [2.05, 4.69) is 30.7 Å². The van der Waals surface area contributed by atoms with Crippen LogP contribution in [-0.4, -0.2) is 63.8 Å². The average Bonchev–Trinajstić information content (AvgIpc) is 3.52. The summed E-state index contributed by atoms with van der Waals surface area (Å²) < 4.78 is 67.4. The maximum Gasteiger partial charge on any atom is 0.453 e. The number of carbonyl (C=O) groups is 2. The lowest BCUT2D eigenvalue weighted by molar-refractivity contribution is -0.285. The number of rotatable bonds is 7. The molecular weight excluding hydrogens is 569 g/mol. The molecule has 1 amide bonds. The minimum atomic E-state index is -5.74. The van der Waals surface area contributed by atoms with Gasteiger partial charge in [0.1, 0.15) is 35.0 Å². The highest BCUT2D eigenvalue weighted by Crippen LogP contribution is 2.45. The van der Waals surface area contributed by atoms with Gasteiger partial charge in [-0.05, 0) is 25.1 Å². The molecule has 18 heteroatoms. The van der Waals surface area contributed by atoms with Crippen LogP contribution in [0.25, 0.3) is 22.4 Å². The molecule has 4 heterocycles. The molecule has 12 nitrogen and oxygen atoms in total. The number of anilines is 2. The summed E-state index contributed by atoms with van der Waals surface area (Å²) in [6.45, 7) is 0.150. The summed E-state index contributed by atoms with van der Waals surface area (Å²) in [5, 5.41) is 23.8. The molecular formula is C22H17ClF5N9O3. The van der Waals surface area contributed by atoms with Crippen molar-refractivity contribution < 1.29 is 36.6 Å². The van der Waals surface area contributed by atoms with Gasteiger partial charge in [-0.3, -0.25) is 14.3 Å². The molecule has 0 saturated heterocycles. The highest BCUT2D eigenvalue weighted by Gasteiger charge is 2.57. The van der Waals surface area contributed by atoms with E-state index < -0.39 is 48.9 Å². The molecule has 0 bridgehead atoms. The van der Waals surface area contributed by atoms with Crippen LogP contribution in [0.4, 0.5) is 33.6 Å². The molecule has 3 aromatic heterocycles. The molecule has 0 fully saturated rings. The van der Waals surface area contributed by atoms with E-state index in [0.717, 1.165) is 9.36 Å². The molecule has 1 aliphatic rings. The van der Waals surface area contributed by atoms with Gasteiger partial charge in [-0.25, -0.2) is 14.6 Å². The zero-order valence-corrected chi connectivity index (χ0v) is 20.9. The van der Waals surface area contributed by atoms with Gasteiger partial charge in [0.25, 0.3) is 0 Å². The number of nitrogen functional groups attached to an aromatic ring is 1. The number of hydrogen-bond donors (Lipinski definition) is 3. The average molecular weight is 586 g/mol. The number of amides is 1. The third-order valence-corrected chi connectivity index (χ3v) is 6.68. The Morgan fingerprint density at radius 3 is 2.62 bits per heavy atom. The van der Waals surface area contributed by atoms with Crippen LogP contribution in [0, 0.1) is 0 Å². The molecule has 210 valence electrons. The van der Waals surface area contributed by atoms with Crippen LogP contribution in [-0.2, 0) is 28.1 Å². The second-order valence-electron chi connectivity index (χ2n) is 9.12. The minimum absolute atomic E-state index is 0.00764. The van der Waals surface area contributed by atoms with Gasteiger partial charge in [0, 0.05) is 23.4 Å². The standard InChI is InChI=1S/C22H17ClF5N9O3/c1-20(12-7-36(35-33-12)8-13(38)39)14-16(29)30-18(31-17(14)32-19(20)40)15-10-3-2-9(23)6-11(10)37(34-15)5-4-21(24,25)22(26,27)28/h2-3,6-7H,4-5,8H2,1H3,(H,38,39)(H3,29,30,31,32,40)/t20-/m1/s1. The van der Waals surface area contributed by atoms with Gasteiger partial charge in [-0.1, -0.05) is 16.8 Å². The van der Waals surface area contributed by atoms with Crippen molar-refractivity contribution in [2.45, 2.75) is 43.9 Å². The smallest absolute Gasteiger partial charge is 0.453 e. The number of carboxylic acids is 1. The number of aromatic nitrogens is 7. The molecule has 0 unspecified atom stereocenters. The number of halogens is 6. The molecule has 1 aromatic carbocycles. The molecule has 1 atom stereocenters. The Morgan fingerprint density at radius 2 is 1.95 bits per heavy atom. The molecule has 4 N–H and O–H groups in total. The van der Waals surface area contributed by atoms with Gasteiger partial charge in [-0.15, -0.1) is 5.10 Å². The summed E-state index contributed by atoms with van der Waals surface area (Å²) in [6.07, 6.45) is -6.05. The Bertz CT molecular complexity index is 1690. The first-order valence-electron chi connectivity index (χ1n) is 11.3. The zero-order chi connectivity index (χ0) is 29.2. The van der Waals surface area contributed by atoms with E-state index in [1.807, 2.05) is 0 Å². The Kier molecular flexibility index (Phi) is 6.16. The van der Waals surface area contributed by atoms with Crippen molar-refractivity contribution in [3.8, 4) is 11.5 Å². The Balaban J connectivity index is 1.57. The van der Waals surface area contributed by atoms with Crippen LogP contribution < -0.4 is 11.1 Å². The Hall–Kier alpha value is -4.41. The summed E-state index contributed by atoms with van der Waals surface area (Å²) in [4.78, 5) is 32.7. The second-order valence-corrected chi connectivity index (χ2v) is 9.55. The number of nitrogens with two attached hydrogens (primary N) is 1. The lowest BCUT2D eigenvalue weighted by atomic mass is 9.81. The number of nitrogens with zero attached hydrogens (tertiary/aromatic N) is 7. The molecule has 0 aliphatic carbocycles. The summed E-state index contributed by atoms with van der Waals surface area (Å²) in [6, 6.07) is 4.27. The van der Waals surface area contributed by atoms with Crippen LogP contribution >= 0.6 is 11.6 Å². The first kappa shape index (κ1) is 27.2. The molecule has 4 aromatic rings. The number of aliphatic carboxylic acids is 1. The topological polar surface area (TPSA) is 167 Å². The fraction of sp³-hybridized carbons (Fsp3) is 0.318. The van der Waals surface area contributed by atoms with Gasteiger partial charge >= 0.3 is 18.1 Å². The maximum absolute atomic E-state index is 13.6. The largest absolute Gasteiger partial charge is 0.480 e. The van der Waals surface area contributed by atoms with E-state index in [9.17, 15) is 31.5 Å². The summed E-state index contributed by atoms with van der Waals surface area (Å²) in [5.41, 5.74) is 5.03. The molecule has 0 spiro atoms. The molecule has 1 aliphatic heterocycles. The van der Waals surface area contributed by atoms with E-state index in [1.165, 1.54) is 31.3 Å². The third-order valence-electron chi connectivity index (χ3n) is 6.45. The number of carbonyl (C=O) groups excluding carboxylic acids is 1. The minimum Gasteiger partial charge on any atom is -0.480 e. The number of aryl methyl sites for hydroxylation is 1. The number of hydrogen-bond acceptors (Lipinski definition) is 8. The van der Waals surface area contributed by atoms with Gasteiger partial charge in [0.05, 0.1) is 17.3 Å². The lowest BCUT2D eigenvalue weighted by Crippen LogP contribution is -2.37. The van der Waals surface area contributed by atoms with Crippen LogP contribution in [0.2, 0.25) is 5.02 Å². The van der Waals surface area contributed by atoms with Gasteiger partial charge < -0.3 is 16.2 Å². The number of nitrogens with one attached hydrogen (secondary N) is 1. The normalized spacial score (nSPS) is 17.3. The van der Waals surface area contributed by atoms with Crippen molar-refractivity contribution in [2.24, 2.45) is 0 Å². The lowest BCUT2D eigenvalue weighted by Gasteiger charge is -2.19. The predicted molar refractivity (Wildman–Crippen MR) is 129 cm³/mol. The maximum atomic E-state index is 13.6. The SMILES string of the molecule is C[C@]1(c2cn(CC(=O)O)nn2)C(=O)Nc2nc(-c3nn(CCC(F)(F)C(F)(F)F)c4cc(Cl)ccc34)nc(N)c21. The first-order valence-corrected chi connectivity index (χ1v) is 11.7. The van der Waals surface area contributed by atoms with Crippen LogP contribution in [0.5, 0.6) is 0 Å². The molecule has 0 saturated carbocycles. The number of carboxylic acid groups (broad SMARTS) is 1. The monoisotopic (exact) mass is 585 g/mol. The van der Waals surface area contributed by atoms with Crippen LogP contribution in [0.3, 0.4) is 0 Å². The van der Waals surface area contributed by atoms with Crippen LogP contribution in [0.1, 0.15) is 24.6 Å². The van der Waals surface area contributed by atoms with Crippen molar-refractivity contribution in [1.82, 2.24) is 34.7 Å². The van der Waals surface area contributed by atoms with Crippen molar-refractivity contribution in [3.63, 3.8) is 0 Å². The highest BCUT2D eigenvalue weighted by atomic mass is 35.5. The van der Waals surface area contributed by atoms with Gasteiger partial charge in [-0.2, -0.15) is 27.1 Å². The predicted octanol–water partition coefficient (Wildman–Crippen LogP) is 3.25. The number of alkyl halides is 5. The fourth-order valence-electron chi connectivity index (χ4n) is 4.37. The zero-order valence-electron chi connectivity index (χ0n) is 20.2. The van der Waals surface area contributed by atoms with E-state index in [4.69, 9.17) is 22.4 Å². The summed E-state index contributed by atoms with van der Waals surface area (Å²) >= 11 is 6.03. The van der Waals surface area contributed by atoms with Gasteiger partial charge in [0.2, 0.25) is 5.91 Å². The molecule has 5 rings (SSSR count). The second kappa shape index (κ2) is 9.07. The highest BCUT2D eigenvalue weighted by molar-refractivity contribution is 6.31. The van der Waals surface area contributed by atoms with Crippen molar-refractivity contribution in [1.29, 1.82) is 0 Å². The third kappa shape index (κ3) is 4.35. The van der Waals surface area contributed by atoms with E-state index in [-0.39, 0.29) is 50.3 Å². The van der Waals surface area contributed by atoms with Gasteiger partial charge in [0.15, 0.2) is 5.82 Å². The molecule has 0 radical (unpaired) electrons. The van der Waals surface area contributed by atoms with E-state index in [1.54, 1.807) is 0 Å². The Morgan fingerprint density at radius 1 is 1.23 bits per heavy atom. The van der Waals surface area contributed by atoms with Crippen molar-refractivity contribution in [2.75, 3.05) is 11.1 Å². The summed E-state index contributed by atoms with van der Waals surface area (Å²) in [5.74, 6) is -7.11. The van der Waals surface area contributed by atoms with E-state index in [0.29, 0.717) is 0 Å². The number of benzene rings is 1. The number of fused-ring (bicyclic) bond motifs is 2. The fourth-order valence-corrected chi connectivity index (χ4v) is 4.54. The van der Waals surface area contributed by atoms with Crippen molar-refractivity contribution >= 4 is 46.0 Å². The van der Waals surface area contributed by atoms with E-state index >= 15 is 0 Å². The van der Waals surface area contributed by atoms with Crippen molar-refractivity contribution in [3.05, 3.63) is 40.7 Å². The summed E-state index contributed by atoms with van der Waals surface area (Å²) in [7, 11) is 0. The first-order chi connectivity index (χ1) is 18.6.